The summed E-state index contributed by atoms with van der Waals surface area (Å²) in [5.74, 6) is -0.548. The molecule has 0 radical (unpaired) electrons. The van der Waals surface area contributed by atoms with Gasteiger partial charge >= 0.3 is 0 Å². The van der Waals surface area contributed by atoms with Crippen LogP contribution in [0.1, 0.15) is 5.56 Å². The Morgan fingerprint density at radius 1 is 1.33 bits per heavy atom. The van der Waals surface area contributed by atoms with Crippen LogP contribution in [-0.2, 0) is 21.3 Å². The Morgan fingerprint density at radius 3 is 2.61 bits per heavy atom. The average Bonchev–Trinajstić information content (AvgIpc) is 2.32. The van der Waals surface area contributed by atoms with Gasteiger partial charge < -0.3 is 4.74 Å². The number of benzene rings is 1. The van der Waals surface area contributed by atoms with Gasteiger partial charge in [-0.1, -0.05) is 6.07 Å². The zero-order valence-electron chi connectivity index (χ0n) is 9.80. The molecule has 1 fully saturated rings. The van der Waals surface area contributed by atoms with Crippen molar-refractivity contribution in [3.05, 3.63) is 29.6 Å². The molecule has 2 rings (SSSR count). The Morgan fingerprint density at radius 2 is 2.00 bits per heavy atom. The lowest BCUT2D eigenvalue weighted by Gasteiger charge is -2.27. The normalized spacial score (nSPS) is 17.9. The molecule has 1 aliphatic heterocycles. The maximum atomic E-state index is 13.8. The molecule has 1 aromatic carbocycles. The van der Waals surface area contributed by atoms with Crippen LogP contribution in [-0.4, -0.2) is 39.6 Å². The zero-order valence-corrected chi connectivity index (χ0v) is 10.6. The minimum Gasteiger partial charge on any atom is -0.379 e. The Kier molecular flexibility index (Phi) is 3.96. The molecule has 7 heteroatoms. The van der Waals surface area contributed by atoms with Crippen molar-refractivity contribution in [3.8, 4) is 0 Å². The van der Waals surface area contributed by atoms with Gasteiger partial charge in [-0.25, -0.2) is 17.9 Å². The van der Waals surface area contributed by atoms with Gasteiger partial charge in [0.2, 0.25) is 10.0 Å². The lowest BCUT2D eigenvalue weighted by atomic mass is 10.2. The molecule has 5 nitrogen and oxygen atoms in total. The van der Waals surface area contributed by atoms with Gasteiger partial charge in [0.1, 0.15) is 5.82 Å². The van der Waals surface area contributed by atoms with E-state index in [4.69, 9.17) is 9.88 Å². The summed E-state index contributed by atoms with van der Waals surface area (Å²) in [5.41, 5.74) is 0.127. The molecule has 2 N–H and O–H groups in total. The summed E-state index contributed by atoms with van der Waals surface area (Å²) in [5, 5.41) is 5.09. The predicted octanol–water partition coefficient (Wildman–Crippen LogP) is 0.305. The van der Waals surface area contributed by atoms with E-state index in [-0.39, 0.29) is 17.0 Å². The first-order chi connectivity index (χ1) is 8.48. The number of ether oxygens (including phenoxy) is 1. The minimum absolute atomic E-state index is 0.127. The van der Waals surface area contributed by atoms with Crippen molar-refractivity contribution in [1.29, 1.82) is 0 Å². The molecule has 0 amide bonds. The van der Waals surface area contributed by atoms with E-state index in [2.05, 4.69) is 0 Å². The van der Waals surface area contributed by atoms with Crippen molar-refractivity contribution in [2.24, 2.45) is 5.14 Å². The van der Waals surface area contributed by atoms with E-state index in [1.807, 2.05) is 4.90 Å². The molecule has 18 heavy (non-hydrogen) atoms. The molecule has 0 unspecified atom stereocenters. The van der Waals surface area contributed by atoms with E-state index in [0.29, 0.717) is 26.3 Å². The first-order valence-electron chi connectivity index (χ1n) is 5.59. The monoisotopic (exact) mass is 274 g/mol. The molecule has 100 valence electrons. The van der Waals surface area contributed by atoms with Gasteiger partial charge in [0, 0.05) is 25.2 Å². The van der Waals surface area contributed by atoms with Gasteiger partial charge in [0.15, 0.2) is 0 Å². The molecular formula is C11H15FN2O3S. The molecule has 1 saturated heterocycles. The Bertz CT molecular complexity index is 527. The van der Waals surface area contributed by atoms with Gasteiger partial charge in [0.05, 0.1) is 18.1 Å². The Labute approximate surface area is 105 Å². The molecule has 1 aromatic rings. The van der Waals surface area contributed by atoms with Crippen molar-refractivity contribution >= 4 is 10.0 Å². The van der Waals surface area contributed by atoms with Crippen LogP contribution in [0.5, 0.6) is 0 Å². The predicted molar refractivity (Wildman–Crippen MR) is 63.9 cm³/mol. The maximum Gasteiger partial charge on any atom is 0.238 e. The van der Waals surface area contributed by atoms with Gasteiger partial charge in [-0.2, -0.15) is 0 Å². The number of primary sulfonamides is 1. The van der Waals surface area contributed by atoms with Crippen LogP contribution >= 0.6 is 0 Å². The van der Waals surface area contributed by atoms with Gasteiger partial charge in [0.25, 0.3) is 0 Å². The summed E-state index contributed by atoms with van der Waals surface area (Å²) in [4.78, 5) is 1.80. The molecule has 0 aliphatic carbocycles. The quantitative estimate of drug-likeness (QED) is 0.860. The third kappa shape index (κ3) is 3.05. The zero-order chi connectivity index (χ0) is 13.2. The second kappa shape index (κ2) is 5.31. The van der Waals surface area contributed by atoms with E-state index < -0.39 is 15.8 Å². The van der Waals surface area contributed by atoms with Crippen molar-refractivity contribution in [2.75, 3.05) is 26.3 Å². The van der Waals surface area contributed by atoms with Gasteiger partial charge in [-0.15, -0.1) is 0 Å². The summed E-state index contributed by atoms with van der Waals surface area (Å²) in [6.45, 7) is 2.66. The summed E-state index contributed by atoms with van der Waals surface area (Å²) >= 11 is 0. The summed E-state index contributed by atoms with van der Waals surface area (Å²) in [6, 6.07) is 3.91. The summed E-state index contributed by atoms with van der Waals surface area (Å²) in [6.07, 6.45) is 0. The lowest BCUT2D eigenvalue weighted by Crippen LogP contribution is -2.36. The number of hydrogen-bond acceptors (Lipinski definition) is 4. The number of hydrogen-bond donors (Lipinski definition) is 1. The van der Waals surface area contributed by atoms with Gasteiger partial charge in [-0.05, 0) is 12.1 Å². The maximum absolute atomic E-state index is 13.8. The fraction of sp³-hybridized carbons (Fsp3) is 0.455. The average molecular weight is 274 g/mol. The fourth-order valence-electron chi connectivity index (χ4n) is 1.94. The third-order valence-corrected chi connectivity index (χ3v) is 3.86. The second-order valence-corrected chi connectivity index (χ2v) is 5.68. The second-order valence-electron chi connectivity index (χ2n) is 4.15. The van der Waals surface area contributed by atoms with Crippen molar-refractivity contribution < 1.29 is 17.5 Å². The highest BCUT2D eigenvalue weighted by atomic mass is 32.2. The van der Waals surface area contributed by atoms with Crippen molar-refractivity contribution in [1.82, 2.24) is 4.90 Å². The fourth-order valence-corrected chi connectivity index (χ4v) is 2.72. The molecule has 1 heterocycles. The smallest absolute Gasteiger partial charge is 0.238 e. The number of sulfonamides is 1. The van der Waals surface area contributed by atoms with E-state index in [1.54, 1.807) is 0 Å². The molecule has 0 atom stereocenters. The van der Waals surface area contributed by atoms with E-state index in [0.717, 1.165) is 0 Å². The van der Waals surface area contributed by atoms with E-state index >= 15 is 0 Å². The summed E-state index contributed by atoms with van der Waals surface area (Å²) in [7, 11) is -3.90. The highest BCUT2D eigenvalue weighted by Gasteiger charge is 2.20. The number of rotatable bonds is 3. The number of nitrogens with zero attached hydrogens (tertiary/aromatic N) is 1. The highest BCUT2D eigenvalue weighted by molar-refractivity contribution is 7.89. The summed E-state index contributed by atoms with van der Waals surface area (Å²) < 4.78 is 41.8. The third-order valence-electron chi connectivity index (χ3n) is 2.87. The molecular weight excluding hydrogens is 259 g/mol. The lowest BCUT2D eigenvalue weighted by molar-refractivity contribution is 0.0333. The molecule has 0 spiro atoms. The minimum atomic E-state index is -3.90. The number of nitrogens with two attached hydrogens (primary N) is 1. The van der Waals surface area contributed by atoms with E-state index in [1.165, 1.54) is 18.2 Å². The van der Waals surface area contributed by atoms with Crippen LogP contribution in [0.15, 0.2) is 23.1 Å². The standard InChI is InChI=1S/C11H15FN2O3S/c12-10-2-1-3-11(18(13,15)16)9(10)8-14-4-6-17-7-5-14/h1-3H,4-8H2,(H2,13,15,16). The van der Waals surface area contributed by atoms with Crippen LogP contribution in [0, 0.1) is 5.82 Å². The molecule has 0 bridgehead atoms. The largest absolute Gasteiger partial charge is 0.379 e. The van der Waals surface area contributed by atoms with Crippen LogP contribution in [0.25, 0.3) is 0 Å². The Hall–Kier alpha value is -1.02. The van der Waals surface area contributed by atoms with Crippen LogP contribution in [0.2, 0.25) is 0 Å². The molecule has 0 saturated carbocycles. The van der Waals surface area contributed by atoms with E-state index in [9.17, 15) is 12.8 Å². The van der Waals surface area contributed by atoms with Crippen LogP contribution in [0.3, 0.4) is 0 Å². The Balaban J connectivity index is 2.31. The highest BCUT2D eigenvalue weighted by Crippen LogP contribution is 2.20. The van der Waals surface area contributed by atoms with Crippen molar-refractivity contribution in [3.63, 3.8) is 0 Å². The molecule has 1 aliphatic rings. The van der Waals surface area contributed by atoms with Crippen LogP contribution in [0.4, 0.5) is 4.39 Å². The molecule has 0 aromatic heterocycles. The number of halogens is 1. The number of morpholine rings is 1. The SMILES string of the molecule is NS(=O)(=O)c1cccc(F)c1CN1CCOCC1. The first kappa shape index (κ1) is 13.4. The first-order valence-corrected chi connectivity index (χ1v) is 7.13. The van der Waals surface area contributed by atoms with Gasteiger partial charge in [-0.3, -0.25) is 4.90 Å². The van der Waals surface area contributed by atoms with Crippen LogP contribution < -0.4 is 5.14 Å². The van der Waals surface area contributed by atoms with Crippen molar-refractivity contribution in [2.45, 2.75) is 11.4 Å². The topological polar surface area (TPSA) is 72.6 Å².